The quantitative estimate of drug-likeness (QED) is 0.544. The van der Waals surface area contributed by atoms with Gasteiger partial charge in [0.25, 0.3) is 0 Å². The van der Waals surface area contributed by atoms with Crippen LogP contribution in [-0.2, 0) is 21.2 Å². The van der Waals surface area contributed by atoms with Crippen LogP contribution >= 0.6 is 0 Å². The second-order valence-electron chi connectivity index (χ2n) is 9.09. The summed E-state index contributed by atoms with van der Waals surface area (Å²) >= 11 is 0. The van der Waals surface area contributed by atoms with Gasteiger partial charge in [-0.1, -0.05) is 0 Å². The molecule has 0 saturated carbocycles. The number of nitrogens with zero attached hydrogens (tertiary/aromatic N) is 2. The molecule has 2 heterocycles. The fourth-order valence-electron chi connectivity index (χ4n) is 5.10. The van der Waals surface area contributed by atoms with E-state index in [-0.39, 0.29) is 36.2 Å². The maximum Gasteiger partial charge on any atom is 0.303 e. The molecule has 1 saturated heterocycles. The molecule has 2 aromatic carbocycles. The van der Waals surface area contributed by atoms with Crippen LogP contribution in [0.1, 0.15) is 30.4 Å². The van der Waals surface area contributed by atoms with E-state index in [0.717, 1.165) is 23.3 Å². The van der Waals surface area contributed by atoms with Gasteiger partial charge in [-0.25, -0.2) is 8.42 Å². The minimum Gasteiger partial charge on any atom is -0.497 e. The molecule has 194 valence electrons. The van der Waals surface area contributed by atoms with Crippen LogP contribution in [0.4, 0.5) is 0 Å². The summed E-state index contributed by atoms with van der Waals surface area (Å²) in [6.45, 7) is 1.12. The number of sulfonamides is 1. The normalized spacial score (nSPS) is 20.2. The van der Waals surface area contributed by atoms with Crippen molar-refractivity contribution in [3.05, 3.63) is 47.5 Å². The van der Waals surface area contributed by atoms with Crippen LogP contribution < -0.4 is 14.2 Å². The molecule has 2 atom stereocenters. The number of hydrogen-bond acceptors (Lipinski definition) is 7. The predicted octanol–water partition coefficient (Wildman–Crippen LogP) is 3.25. The Hall–Kier alpha value is -3.11. The van der Waals surface area contributed by atoms with Crippen LogP contribution in [0.3, 0.4) is 0 Å². The van der Waals surface area contributed by atoms with Gasteiger partial charge in [-0.2, -0.15) is 4.31 Å². The van der Waals surface area contributed by atoms with E-state index in [1.807, 2.05) is 12.1 Å². The van der Waals surface area contributed by atoms with Crippen LogP contribution in [0.5, 0.6) is 17.2 Å². The highest BCUT2D eigenvalue weighted by molar-refractivity contribution is 7.89. The lowest BCUT2D eigenvalue weighted by atomic mass is 9.79. The first-order valence-corrected chi connectivity index (χ1v) is 13.4. The molecule has 0 unspecified atom stereocenters. The van der Waals surface area contributed by atoms with Crippen molar-refractivity contribution in [2.24, 2.45) is 16.8 Å². The second kappa shape index (κ2) is 10.9. The molecule has 0 amide bonds. The maximum absolute atomic E-state index is 13.4. The average molecular weight is 517 g/mol. The molecule has 0 aromatic heterocycles. The topological polar surface area (TPSA) is 115 Å². The van der Waals surface area contributed by atoms with Gasteiger partial charge in [0.15, 0.2) is 11.5 Å². The summed E-state index contributed by atoms with van der Waals surface area (Å²) in [7, 11) is 0.963. The Kier molecular flexibility index (Phi) is 7.85. The molecule has 2 aromatic rings. The number of hydrogen-bond donors (Lipinski definition) is 1. The molecular weight excluding hydrogens is 484 g/mol. The summed E-state index contributed by atoms with van der Waals surface area (Å²) < 4.78 is 44.4. The van der Waals surface area contributed by atoms with Gasteiger partial charge in [0.2, 0.25) is 10.0 Å². The van der Waals surface area contributed by atoms with Crippen LogP contribution in [0.2, 0.25) is 0 Å². The molecule has 2 aliphatic rings. The van der Waals surface area contributed by atoms with Crippen LogP contribution in [0, 0.1) is 11.8 Å². The molecule has 0 spiro atoms. The van der Waals surface area contributed by atoms with Crippen LogP contribution in [0.25, 0.3) is 0 Å². The number of ether oxygens (including phenoxy) is 3. The standard InChI is InChI=1S/C26H32N2O7S/c1-33-20-4-6-21(7-5-20)36(31,32)28-11-9-17(14-26(29)30)19(16-28)12-23-22-15-25(35-3)24(34-2)13-18(22)8-10-27-23/h4-7,13,15,17,19H,8-12,14,16H2,1-3H3,(H,29,30)/t17-,19-/m0/s1. The van der Waals surface area contributed by atoms with Crippen molar-refractivity contribution >= 4 is 21.7 Å². The van der Waals surface area contributed by atoms with Crippen molar-refractivity contribution in [3.63, 3.8) is 0 Å². The number of aliphatic carboxylic acids is 1. The Balaban J connectivity index is 1.62. The van der Waals surface area contributed by atoms with Crippen molar-refractivity contribution in [3.8, 4) is 17.2 Å². The Morgan fingerprint density at radius 3 is 2.39 bits per heavy atom. The highest BCUT2D eigenvalue weighted by Crippen LogP contribution is 2.37. The third-order valence-electron chi connectivity index (χ3n) is 7.05. The van der Waals surface area contributed by atoms with Crippen molar-refractivity contribution in [1.82, 2.24) is 4.31 Å². The van der Waals surface area contributed by atoms with E-state index in [2.05, 4.69) is 0 Å². The number of carbonyl (C=O) groups is 1. The molecule has 1 N–H and O–H groups in total. The molecule has 0 aliphatic carbocycles. The van der Waals surface area contributed by atoms with E-state index < -0.39 is 16.0 Å². The minimum absolute atomic E-state index is 0.00678. The molecular formula is C26H32N2O7S. The summed E-state index contributed by atoms with van der Waals surface area (Å²) in [5, 5.41) is 9.52. The number of rotatable bonds is 9. The number of carboxylic acids is 1. The van der Waals surface area contributed by atoms with Crippen LogP contribution in [0.15, 0.2) is 46.3 Å². The van der Waals surface area contributed by atoms with Crippen LogP contribution in [-0.4, -0.2) is 70.5 Å². The molecule has 36 heavy (non-hydrogen) atoms. The number of piperidine rings is 1. The number of methoxy groups -OCH3 is 3. The van der Waals surface area contributed by atoms with E-state index in [1.54, 1.807) is 26.4 Å². The summed E-state index contributed by atoms with van der Waals surface area (Å²) in [6, 6.07) is 10.2. The Morgan fingerprint density at radius 1 is 1.06 bits per heavy atom. The summed E-state index contributed by atoms with van der Waals surface area (Å²) in [6.07, 6.45) is 1.71. The highest BCUT2D eigenvalue weighted by Gasteiger charge is 2.37. The summed E-state index contributed by atoms with van der Waals surface area (Å²) in [4.78, 5) is 16.6. The molecule has 0 radical (unpaired) electrons. The van der Waals surface area contributed by atoms with Gasteiger partial charge >= 0.3 is 5.97 Å². The zero-order chi connectivity index (χ0) is 25.9. The van der Waals surface area contributed by atoms with Crippen molar-refractivity contribution in [2.45, 2.75) is 30.6 Å². The molecule has 2 aliphatic heterocycles. The fraction of sp³-hybridized carbons (Fsp3) is 0.462. The van der Waals surface area contributed by atoms with Gasteiger partial charge in [0.1, 0.15) is 5.75 Å². The second-order valence-corrected chi connectivity index (χ2v) is 11.0. The molecule has 10 heteroatoms. The van der Waals surface area contributed by atoms with Gasteiger partial charge in [-0.05, 0) is 73.1 Å². The lowest BCUT2D eigenvalue weighted by Gasteiger charge is -2.38. The van der Waals surface area contributed by atoms with Gasteiger partial charge in [0, 0.05) is 37.3 Å². The first kappa shape index (κ1) is 26.0. The zero-order valence-electron chi connectivity index (χ0n) is 20.8. The van der Waals surface area contributed by atoms with Gasteiger partial charge in [-0.15, -0.1) is 0 Å². The third-order valence-corrected chi connectivity index (χ3v) is 8.93. The lowest BCUT2D eigenvalue weighted by molar-refractivity contribution is -0.138. The molecule has 9 nitrogen and oxygen atoms in total. The van der Waals surface area contributed by atoms with Crippen molar-refractivity contribution < 1.29 is 32.5 Å². The molecule has 1 fully saturated rings. The predicted molar refractivity (Wildman–Crippen MR) is 135 cm³/mol. The number of benzene rings is 2. The lowest BCUT2D eigenvalue weighted by Crippen LogP contribution is -2.45. The van der Waals surface area contributed by atoms with Gasteiger partial charge in [0.05, 0.1) is 26.2 Å². The Morgan fingerprint density at radius 2 is 1.75 bits per heavy atom. The fourth-order valence-corrected chi connectivity index (χ4v) is 6.61. The molecule has 4 rings (SSSR count). The monoisotopic (exact) mass is 516 g/mol. The van der Waals surface area contributed by atoms with Crippen molar-refractivity contribution in [2.75, 3.05) is 41.0 Å². The highest BCUT2D eigenvalue weighted by atomic mass is 32.2. The molecule has 0 bridgehead atoms. The van der Waals surface area contributed by atoms with E-state index in [4.69, 9.17) is 19.2 Å². The Labute approximate surface area is 211 Å². The van der Waals surface area contributed by atoms with Gasteiger partial charge < -0.3 is 19.3 Å². The van der Waals surface area contributed by atoms with E-state index in [9.17, 15) is 18.3 Å². The SMILES string of the molecule is COc1ccc(S(=O)(=O)N2CC[C@@H](CC(=O)O)[C@@H](CC3=NCCc4cc(OC)c(OC)cc43)C2)cc1. The minimum atomic E-state index is -3.74. The Bertz CT molecular complexity index is 1240. The van der Waals surface area contributed by atoms with Gasteiger partial charge in [-0.3, -0.25) is 9.79 Å². The largest absolute Gasteiger partial charge is 0.497 e. The number of carboxylic acid groups (broad SMARTS) is 1. The summed E-state index contributed by atoms with van der Waals surface area (Å²) in [5.41, 5.74) is 2.88. The van der Waals surface area contributed by atoms with E-state index in [1.165, 1.54) is 23.5 Å². The summed E-state index contributed by atoms with van der Waals surface area (Å²) in [5.74, 6) is 0.594. The maximum atomic E-state index is 13.4. The van der Waals surface area contributed by atoms with Crippen molar-refractivity contribution in [1.29, 1.82) is 0 Å². The average Bonchev–Trinajstić information content (AvgIpc) is 2.88. The third kappa shape index (κ3) is 5.34. The first-order valence-electron chi connectivity index (χ1n) is 11.9. The zero-order valence-corrected chi connectivity index (χ0v) is 21.6. The van der Waals surface area contributed by atoms with E-state index in [0.29, 0.717) is 36.6 Å². The number of fused-ring (bicyclic) bond motifs is 1. The smallest absolute Gasteiger partial charge is 0.303 e. The first-order chi connectivity index (χ1) is 17.3. The number of aliphatic imine (C=N–C) groups is 1. The van der Waals surface area contributed by atoms with E-state index >= 15 is 0 Å².